The third-order valence-corrected chi connectivity index (χ3v) is 4.00. The SMILES string of the molecule is CCCN1CCCCC1c1cnc(N(C)C)c(C)c1. The fraction of sp³-hybridized carbons (Fsp3) is 0.688. The number of aromatic nitrogens is 1. The quantitative estimate of drug-likeness (QED) is 0.828. The summed E-state index contributed by atoms with van der Waals surface area (Å²) in [5.74, 6) is 1.08. The summed E-state index contributed by atoms with van der Waals surface area (Å²) in [6.45, 7) is 6.88. The van der Waals surface area contributed by atoms with Gasteiger partial charge in [0.1, 0.15) is 5.82 Å². The van der Waals surface area contributed by atoms with Gasteiger partial charge in [-0.3, -0.25) is 4.90 Å². The molecule has 0 amide bonds. The minimum atomic E-state index is 0.580. The average molecular weight is 261 g/mol. The lowest BCUT2D eigenvalue weighted by Crippen LogP contribution is -2.34. The zero-order valence-electron chi connectivity index (χ0n) is 12.8. The molecule has 2 heterocycles. The van der Waals surface area contributed by atoms with Gasteiger partial charge in [0.05, 0.1) is 0 Å². The van der Waals surface area contributed by atoms with E-state index < -0.39 is 0 Å². The number of likely N-dealkylation sites (tertiary alicyclic amines) is 1. The number of nitrogens with zero attached hydrogens (tertiary/aromatic N) is 3. The summed E-state index contributed by atoms with van der Waals surface area (Å²) in [7, 11) is 4.11. The third-order valence-electron chi connectivity index (χ3n) is 4.00. The normalized spacial score (nSPS) is 20.5. The van der Waals surface area contributed by atoms with Crippen molar-refractivity contribution in [2.24, 2.45) is 0 Å². The van der Waals surface area contributed by atoms with Crippen LogP contribution in [0.25, 0.3) is 0 Å². The highest BCUT2D eigenvalue weighted by Gasteiger charge is 2.23. The Kier molecular flexibility index (Phi) is 4.81. The van der Waals surface area contributed by atoms with Crippen LogP contribution in [-0.2, 0) is 0 Å². The molecular weight excluding hydrogens is 234 g/mol. The van der Waals surface area contributed by atoms with Gasteiger partial charge in [0.25, 0.3) is 0 Å². The lowest BCUT2D eigenvalue weighted by molar-refractivity contribution is 0.149. The van der Waals surface area contributed by atoms with Gasteiger partial charge in [-0.25, -0.2) is 4.98 Å². The maximum Gasteiger partial charge on any atom is 0.130 e. The second-order valence-corrected chi connectivity index (χ2v) is 5.85. The molecule has 1 aromatic rings. The smallest absolute Gasteiger partial charge is 0.130 e. The van der Waals surface area contributed by atoms with E-state index in [1.54, 1.807) is 0 Å². The highest BCUT2D eigenvalue weighted by atomic mass is 15.2. The van der Waals surface area contributed by atoms with Crippen LogP contribution in [0.4, 0.5) is 5.82 Å². The number of hydrogen-bond donors (Lipinski definition) is 0. The van der Waals surface area contributed by atoms with Crippen LogP contribution < -0.4 is 4.90 Å². The predicted molar refractivity (Wildman–Crippen MR) is 81.8 cm³/mol. The van der Waals surface area contributed by atoms with Crippen LogP contribution in [0.15, 0.2) is 12.3 Å². The van der Waals surface area contributed by atoms with Gasteiger partial charge in [0, 0.05) is 26.3 Å². The molecule has 3 nitrogen and oxygen atoms in total. The fourth-order valence-electron chi connectivity index (χ4n) is 3.16. The van der Waals surface area contributed by atoms with Crippen molar-refractivity contribution in [3.05, 3.63) is 23.4 Å². The molecule has 2 rings (SSSR count). The van der Waals surface area contributed by atoms with E-state index in [1.807, 2.05) is 0 Å². The summed E-state index contributed by atoms with van der Waals surface area (Å²) in [6.07, 6.45) is 7.29. The third kappa shape index (κ3) is 3.27. The van der Waals surface area contributed by atoms with Gasteiger partial charge in [0.15, 0.2) is 0 Å². The Morgan fingerprint density at radius 1 is 1.37 bits per heavy atom. The van der Waals surface area contributed by atoms with Gasteiger partial charge in [-0.2, -0.15) is 0 Å². The van der Waals surface area contributed by atoms with E-state index in [2.05, 4.69) is 55.0 Å². The number of aryl methyl sites for hydroxylation is 1. The largest absolute Gasteiger partial charge is 0.363 e. The zero-order valence-corrected chi connectivity index (χ0v) is 12.8. The lowest BCUT2D eigenvalue weighted by atomic mass is 9.95. The van der Waals surface area contributed by atoms with Crippen molar-refractivity contribution in [3.63, 3.8) is 0 Å². The van der Waals surface area contributed by atoms with E-state index in [4.69, 9.17) is 0 Å². The highest BCUT2D eigenvalue weighted by molar-refractivity contribution is 5.46. The first kappa shape index (κ1) is 14.3. The fourth-order valence-corrected chi connectivity index (χ4v) is 3.16. The van der Waals surface area contributed by atoms with Crippen LogP contribution in [0.5, 0.6) is 0 Å². The molecule has 0 N–H and O–H groups in total. The topological polar surface area (TPSA) is 19.4 Å². The highest BCUT2D eigenvalue weighted by Crippen LogP contribution is 2.32. The maximum absolute atomic E-state index is 4.65. The maximum atomic E-state index is 4.65. The molecule has 19 heavy (non-hydrogen) atoms. The monoisotopic (exact) mass is 261 g/mol. The molecule has 0 aliphatic carbocycles. The van der Waals surface area contributed by atoms with Crippen LogP contribution >= 0.6 is 0 Å². The molecule has 1 unspecified atom stereocenters. The Morgan fingerprint density at radius 3 is 2.79 bits per heavy atom. The summed E-state index contributed by atoms with van der Waals surface area (Å²) < 4.78 is 0. The van der Waals surface area contributed by atoms with Gasteiger partial charge >= 0.3 is 0 Å². The van der Waals surface area contributed by atoms with Crippen LogP contribution in [-0.4, -0.2) is 37.1 Å². The van der Waals surface area contributed by atoms with Gasteiger partial charge in [0.2, 0.25) is 0 Å². The first-order valence-electron chi connectivity index (χ1n) is 7.51. The summed E-state index contributed by atoms with van der Waals surface area (Å²) in [4.78, 5) is 9.37. The van der Waals surface area contributed by atoms with Gasteiger partial charge in [-0.1, -0.05) is 13.3 Å². The Labute approximate surface area is 117 Å². The van der Waals surface area contributed by atoms with Gasteiger partial charge in [-0.15, -0.1) is 0 Å². The van der Waals surface area contributed by atoms with Crippen molar-refractivity contribution in [3.8, 4) is 0 Å². The molecular formula is C16H27N3. The van der Waals surface area contributed by atoms with Gasteiger partial charge in [-0.05, 0) is 56.5 Å². The van der Waals surface area contributed by atoms with E-state index in [9.17, 15) is 0 Å². The zero-order chi connectivity index (χ0) is 13.8. The predicted octanol–water partition coefficient (Wildman–Crippen LogP) is 3.39. The van der Waals surface area contributed by atoms with E-state index >= 15 is 0 Å². The van der Waals surface area contributed by atoms with E-state index in [-0.39, 0.29) is 0 Å². The van der Waals surface area contributed by atoms with Crippen molar-refractivity contribution in [1.82, 2.24) is 9.88 Å². The molecule has 1 aliphatic heterocycles. The number of anilines is 1. The molecule has 0 aromatic carbocycles. The number of hydrogen-bond acceptors (Lipinski definition) is 3. The molecule has 0 radical (unpaired) electrons. The van der Waals surface area contributed by atoms with Crippen molar-refractivity contribution in [1.29, 1.82) is 0 Å². The van der Waals surface area contributed by atoms with Crippen molar-refractivity contribution >= 4 is 5.82 Å². The van der Waals surface area contributed by atoms with Crippen LogP contribution in [0.2, 0.25) is 0 Å². The number of piperidine rings is 1. The molecule has 0 saturated carbocycles. The Hall–Kier alpha value is -1.09. The van der Waals surface area contributed by atoms with Gasteiger partial charge < -0.3 is 4.90 Å². The van der Waals surface area contributed by atoms with Crippen molar-refractivity contribution in [2.75, 3.05) is 32.1 Å². The van der Waals surface area contributed by atoms with E-state index in [0.29, 0.717) is 6.04 Å². The van der Waals surface area contributed by atoms with Crippen LogP contribution in [0, 0.1) is 6.92 Å². The lowest BCUT2D eigenvalue weighted by Gasteiger charge is -2.36. The van der Waals surface area contributed by atoms with Crippen LogP contribution in [0.3, 0.4) is 0 Å². The molecule has 1 aromatic heterocycles. The van der Waals surface area contributed by atoms with Crippen molar-refractivity contribution in [2.45, 2.75) is 45.6 Å². The molecule has 0 bridgehead atoms. The molecule has 1 aliphatic rings. The molecule has 106 valence electrons. The number of rotatable bonds is 4. The first-order chi connectivity index (χ1) is 9.13. The Balaban J connectivity index is 2.22. The second kappa shape index (κ2) is 6.38. The summed E-state index contributed by atoms with van der Waals surface area (Å²) in [5.41, 5.74) is 2.68. The average Bonchev–Trinajstić information content (AvgIpc) is 2.39. The number of pyridine rings is 1. The first-order valence-corrected chi connectivity index (χ1v) is 7.51. The molecule has 1 atom stereocenters. The molecule has 1 saturated heterocycles. The molecule has 1 fully saturated rings. The summed E-state index contributed by atoms with van der Waals surface area (Å²) >= 11 is 0. The molecule has 3 heteroatoms. The van der Waals surface area contributed by atoms with E-state index in [0.717, 1.165) is 5.82 Å². The minimum absolute atomic E-state index is 0.580. The Bertz CT molecular complexity index is 412. The summed E-state index contributed by atoms with van der Waals surface area (Å²) in [6, 6.07) is 2.91. The summed E-state index contributed by atoms with van der Waals surface area (Å²) in [5, 5.41) is 0. The minimum Gasteiger partial charge on any atom is -0.363 e. The standard InChI is InChI=1S/C16H27N3/c1-5-9-19-10-7-6-8-15(19)14-11-13(2)16(17-12-14)18(3)4/h11-12,15H,5-10H2,1-4H3. The van der Waals surface area contributed by atoms with E-state index in [1.165, 1.54) is 49.9 Å². The molecule has 0 spiro atoms. The second-order valence-electron chi connectivity index (χ2n) is 5.85. The van der Waals surface area contributed by atoms with Crippen molar-refractivity contribution < 1.29 is 0 Å². The Morgan fingerprint density at radius 2 is 2.16 bits per heavy atom. The van der Waals surface area contributed by atoms with Crippen LogP contribution in [0.1, 0.15) is 49.8 Å².